The van der Waals surface area contributed by atoms with E-state index in [4.69, 9.17) is 24.7 Å². The van der Waals surface area contributed by atoms with E-state index in [9.17, 15) is 29.1 Å². The maximum Gasteiger partial charge on any atom is 0.407 e. The minimum atomic E-state index is -0.971. The van der Waals surface area contributed by atoms with E-state index in [2.05, 4.69) is 20.9 Å². The predicted octanol–water partition coefficient (Wildman–Crippen LogP) is 4.57. The van der Waals surface area contributed by atoms with E-state index in [0.29, 0.717) is 26.1 Å². The first-order valence-electron chi connectivity index (χ1n) is 21.4. The highest BCUT2D eigenvalue weighted by atomic mass is 32.1. The number of aromatic nitrogens is 1. The Bertz CT molecular complexity index is 1960. The highest BCUT2D eigenvalue weighted by molar-refractivity contribution is 7.13. The Hall–Kier alpha value is -4.94. The summed E-state index contributed by atoms with van der Waals surface area (Å²) >= 11 is 1.57. The molecule has 0 bridgehead atoms. The molecule has 0 radical (unpaired) electrons. The van der Waals surface area contributed by atoms with Crippen molar-refractivity contribution in [3.63, 3.8) is 0 Å². The number of β-amino-alcohol motifs (C(OH)–C–C–N with tert-alkyl or cyclic N) is 1. The topological polar surface area (TPSA) is 221 Å². The first-order valence-corrected chi connectivity index (χ1v) is 22.3. The summed E-state index contributed by atoms with van der Waals surface area (Å²) < 4.78 is 22.7. The number of carbonyl (C=O) groups excluding carboxylic acids is 5. The molecule has 4 rings (SSSR count). The van der Waals surface area contributed by atoms with Gasteiger partial charge >= 0.3 is 6.09 Å². The molecule has 0 saturated carbocycles. The van der Waals surface area contributed by atoms with Gasteiger partial charge in [-0.05, 0) is 75.1 Å². The second-order valence-corrected chi connectivity index (χ2v) is 18.8. The van der Waals surface area contributed by atoms with Crippen LogP contribution in [0.4, 0.5) is 4.79 Å². The number of ether oxygens (including phenoxy) is 4. The Kier molecular flexibility index (Phi) is 19.0. The van der Waals surface area contributed by atoms with E-state index < -0.39 is 65.2 Å². The summed E-state index contributed by atoms with van der Waals surface area (Å²) in [6, 6.07) is 13.4. The van der Waals surface area contributed by atoms with Crippen LogP contribution in [-0.2, 0) is 57.7 Å². The summed E-state index contributed by atoms with van der Waals surface area (Å²) in [4.78, 5) is 70.9. The Labute approximate surface area is 375 Å². The maximum atomic E-state index is 13.9. The fourth-order valence-corrected chi connectivity index (χ4v) is 7.70. The molecule has 0 spiro atoms. The number of likely N-dealkylation sites (tertiary alicyclic amines) is 1. The molecule has 1 aliphatic heterocycles. The molecule has 5 atom stereocenters. The van der Waals surface area contributed by atoms with E-state index >= 15 is 0 Å². The third-order valence-corrected chi connectivity index (χ3v) is 11.3. The number of primary amides is 1. The zero-order chi connectivity index (χ0) is 46.3. The van der Waals surface area contributed by atoms with Crippen LogP contribution in [0.15, 0.2) is 54.0 Å². The number of hydrogen-bond acceptors (Lipinski definition) is 12. The number of nitrogens with two attached hydrogens (primary N) is 1. The molecule has 6 N–H and O–H groups in total. The second kappa shape index (κ2) is 23.7. The number of aryl methyl sites for hydroxylation is 1. The molecule has 5 amide bonds. The number of aliphatic hydroxyl groups excluding tert-OH is 1. The third kappa shape index (κ3) is 16.9. The zero-order valence-electron chi connectivity index (χ0n) is 37.9. The van der Waals surface area contributed by atoms with Crippen LogP contribution < -0.4 is 21.7 Å². The van der Waals surface area contributed by atoms with Crippen LogP contribution >= 0.6 is 11.3 Å². The van der Waals surface area contributed by atoms with Gasteiger partial charge in [-0.2, -0.15) is 0 Å². The fourth-order valence-electron chi connectivity index (χ4n) is 6.88. The number of aliphatic hydroxyl groups is 1. The Morgan fingerprint density at radius 1 is 0.921 bits per heavy atom. The van der Waals surface area contributed by atoms with Crippen molar-refractivity contribution in [3.8, 4) is 10.4 Å². The summed E-state index contributed by atoms with van der Waals surface area (Å²) in [6.07, 6.45) is -0.743. The highest BCUT2D eigenvalue weighted by Gasteiger charge is 2.44. The van der Waals surface area contributed by atoms with E-state index in [1.54, 1.807) is 32.1 Å². The lowest BCUT2D eigenvalue weighted by atomic mass is 9.85. The number of hydrogen-bond donors (Lipinski definition) is 5. The minimum Gasteiger partial charge on any atom is -0.444 e. The largest absolute Gasteiger partial charge is 0.444 e. The van der Waals surface area contributed by atoms with Crippen molar-refractivity contribution in [1.29, 1.82) is 0 Å². The molecular formula is C46H66N6O10S. The number of amides is 5. The Balaban J connectivity index is 1.16. The van der Waals surface area contributed by atoms with E-state index in [1.807, 2.05) is 88.7 Å². The van der Waals surface area contributed by atoms with Crippen LogP contribution in [-0.4, -0.2) is 114 Å². The van der Waals surface area contributed by atoms with Crippen LogP contribution in [0.2, 0.25) is 0 Å². The molecule has 1 saturated heterocycles. The second-order valence-electron chi connectivity index (χ2n) is 17.9. The molecule has 2 aromatic carbocycles. The highest BCUT2D eigenvalue weighted by Crippen LogP contribution is 2.28. The van der Waals surface area contributed by atoms with Crippen LogP contribution in [0.3, 0.4) is 0 Å². The SMILES string of the molecule is Cc1ncsc1-c1ccc(CNC(=O)[C@@H]2C[C@@H](O)CN2C(=O)[C@@H](NC(=O)COCCOCCc2ccc(CO[C@H](C)[C@H](CCC(N)=O)NC(=O)OC(C)(C)C)cc2)C(C)(C)C)cc1. The number of carbonyl (C=O) groups is 5. The molecule has 0 aliphatic carbocycles. The molecule has 63 heavy (non-hydrogen) atoms. The van der Waals surface area contributed by atoms with Gasteiger partial charge < -0.3 is 50.6 Å². The number of rotatable bonds is 22. The molecule has 1 fully saturated rings. The standard InChI is InChI=1S/C46H66N6O10S/c1-29-40(63-28-49-29)34-15-13-32(14-16-34)24-48-42(56)37-23-35(53)25-52(37)43(57)41(45(3,4)5)51-39(55)27-60-22-21-59-20-19-31-9-11-33(12-10-31)26-61-30(2)36(17-18-38(47)54)50-44(58)62-46(6,7)8/h9-16,28,30,35-37,41,53H,17-27H2,1-8H3,(H2,47,54)(H,48,56)(H,50,58)(H,51,55)/t30-,35-,36+,37+,41-/m1/s1. The van der Waals surface area contributed by atoms with E-state index in [0.717, 1.165) is 32.8 Å². The first kappa shape index (κ1) is 50.7. The van der Waals surface area contributed by atoms with Gasteiger partial charge in [0.2, 0.25) is 23.6 Å². The number of thiazole rings is 1. The van der Waals surface area contributed by atoms with Crippen LogP contribution in [0.5, 0.6) is 0 Å². The van der Waals surface area contributed by atoms with Crippen molar-refractivity contribution >= 4 is 41.1 Å². The Morgan fingerprint density at radius 2 is 1.57 bits per heavy atom. The van der Waals surface area contributed by atoms with Gasteiger partial charge in [-0.1, -0.05) is 69.3 Å². The lowest BCUT2D eigenvalue weighted by molar-refractivity contribution is -0.144. The lowest BCUT2D eigenvalue weighted by Crippen LogP contribution is -2.58. The number of nitrogens with zero attached hydrogens (tertiary/aromatic N) is 2. The van der Waals surface area contributed by atoms with Crippen molar-refractivity contribution in [2.45, 2.75) is 130 Å². The predicted molar refractivity (Wildman–Crippen MR) is 239 cm³/mol. The fraction of sp³-hybridized carbons (Fsp3) is 0.565. The molecule has 1 aromatic heterocycles. The summed E-state index contributed by atoms with van der Waals surface area (Å²) in [7, 11) is 0. The summed E-state index contributed by atoms with van der Waals surface area (Å²) in [6.45, 7) is 15.6. The first-order chi connectivity index (χ1) is 29.7. The van der Waals surface area contributed by atoms with Gasteiger partial charge in [0.05, 0.1) is 60.8 Å². The smallest absolute Gasteiger partial charge is 0.407 e. The van der Waals surface area contributed by atoms with Crippen molar-refractivity contribution in [3.05, 3.63) is 76.4 Å². The van der Waals surface area contributed by atoms with Gasteiger partial charge in [0.25, 0.3) is 0 Å². The van der Waals surface area contributed by atoms with Gasteiger partial charge in [0, 0.05) is 25.9 Å². The molecule has 3 aromatic rings. The third-order valence-electron chi connectivity index (χ3n) is 10.4. The number of benzene rings is 2. The van der Waals surface area contributed by atoms with Gasteiger partial charge in [-0.3, -0.25) is 19.2 Å². The molecule has 16 nitrogen and oxygen atoms in total. The molecule has 1 aliphatic rings. The molecule has 346 valence electrons. The quantitative estimate of drug-likeness (QED) is 0.0880. The minimum absolute atomic E-state index is 0.0221. The molecule has 2 heterocycles. The average molecular weight is 895 g/mol. The van der Waals surface area contributed by atoms with Crippen molar-refractivity contribution in [2.75, 3.05) is 33.0 Å². The van der Waals surface area contributed by atoms with Gasteiger partial charge in [-0.15, -0.1) is 11.3 Å². The van der Waals surface area contributed by atoms with E-state index in [1.165, 1.54) is 4.90 Å². The number of alkyl carbamates (subject to hydrolysis) is 1. The van der Waals surface area contributed by atoms with E-state index in [-0.39, 0.29) is 51.7 Å². The monoisotopic (exact) mass is 894 g/mol. The Morgan fingerprint density at radius 3 is 2.19 bits per heavy atom. The average Bonchev–Trinajstić information content (AvgIpc) is 3.83. The van der Waals surface area contributed by atoms with Gasteiger partial charge in [-0.25, -0.2) is 9.78 Å². The summed E-state index contributed by atoms with van der Waals surface area (Å²) in [5.74, 6) is -1.78. The summed E-state index contributed by atoms with van der Waals surface area (Å²) in [5.41, 5.74) is 10.6. The van der Waals surface area contributed by atoms with Crippen LogP contribution in [0.1, 0.15) is 90.1 Å². The molecular weight excluding hydrogens is 829 g/mol. The van der Waals surface area contributed by atoms with Crippen molar-refractivity contribution < 1.29 is 48.0 Å². The van der Waals surface area contributed by atoms with Crippen LogP contribution in [0, 0.1) is 12.3 Å². The molecule has 17 heteroatoms. The van der Waals surface area contributed by atoms with Crippen LogP contribution in [0.25, 0.3) is 10.4 Å². The lowest BCUT2D eigenvalue weighted by Gasteiger charge is -2.35. The molecule has 0 unspecified atom stereocenters. The normalized spacial score (nSPS) is 16.8. The maximum absolute atomic E-state index is 13.9. The van der Waals surface area contributed by atoms with Crippen molar-refractivity contribution in [2.24, 2.45) is 11.1 Å². The number of nitrogens with one attached hydrogen (secondary N) is 3. The van der Waals surface area contributed by atoms with Gasteiger partial charge in [0.15, 0.2) is 0 Å². The van der Waals surface area contributed by atoms with Gasteiger partial charge in [0.1, 0.15) is 24.3 Å². The van der Waals surface area contributed by atoms with Crippen molar-refractivity contribution in [1.82, 2.24) is 25.8 Å². The summed E-state index contributed by atoms with van der Waals surface area (Å²) in [5, 5.41) is 19.0. The zero-order valence-corrected chi connectivity index (χ0v) is 38.7.